The molecule has 0 bridgehead atoms. The van der Waals surface area contributed by atoms with Crippen molar-refractivity contribution in [2.75, 3.05) is 0 Å². The number of hydrogen-bond donors (Lipinski definition) is 0. The molecule has 0 saturated carbocycles. The highest BCUT2D eigenvalue weighted by Crippen LogP contribution is 2.63. The average molecular weight is 880 g/mol. The van der Waals surface area contributed by atoms with Crippen LogP contribution in [0.2, 0.25) is 0 Å². The molecule has 0 atom stereocenters. The van der Waals surface area contributed by atoms with Gasteiger partial charge in [-0.25, -0.2) is 0 Å². The van der Waals surface area contributed by atoms with Gasteiger partial charge in [0.1, 0.15) is 0 Å². The number of benzene rings is 10. The lowest BCUT2D eigenvalue weighted by Gasteiger charge is -2.30. The molecule has 0 N–H and O–H groups in total. The van der Waals surface area contributed by atoms with E-state index in [0.29, 0.717) is 0 Å². The summed E-state index contributed by atoms with van der Waals surface area (Å²) in [5.74, 6) is 0. The second kappa shape index (κ2) is 15.3. The second-order valence-corrected chi connectivity index (χ2v) is 19.3. The van der Waals surface area contributed by atoms with Crippen molar-refractivity contribution in [1.82, 2.24) is 4.98 Å². The molecule has 2 aliphatic rings. The van der Waals surface area contributed by atoms with Crippen LogP contribution in [0.1, 0.15) is 22.3 Å². The smallest absolute Gasteiger partial charge is 0.0888 e. The highest BCUT2D eigenvalue weighted by atomic mass is 32.1. The van der Waals surface area contributed by atoms with Crippen LogP contribution >= 0.6 is 11.3 Å². The van der Waals surface area contributed by atoms with Crippen LogP contribution in [0.3, 0.4) is 0 Å². The summed E-state index contributed by atoms with van der Waals surface area (Å²) in [7, 11) is 0. The maximum Gasteiger partial charge on any atom is 0.0888 e. The fraction of sp³-hybridized carbons (Fsp3) is 0.0152. The maximum atomic E-state index is 4.65. The van der Waals surface area contributed by atoms with E-state index in [2.05, 4.69) is 242 Å². The van der Waals surface area contributed by atoms with Crippen molar-refractivity contribution in [3.63, 3.8) is 0 Å². The standard InChI is InChI=1S/C66H41NS/c1-4-26-59-54(23-1)55-24-2-5-27-60(55)66(59)61-28-6-3-25-56(61)58-40-52(31-33-62(58)66)50-21-10-19-48(38-50)46-17-8-15-44(36-46)42-13-7-14-43(35-42)45-16-9-18-47(37-45)49-20-11-22-51(39-49)53-30-32-57-64(41-53)68-63-29-12-34-67-65(57)63/h1-41H. The van der Waals surface area contributed by atoms with E-state index in [1.165, 1.54) is 126 Å². The molecular weight excluding hydrogens is 839 g/mol. The summed E-state index contributed by atoms with van der Waals surface area (Å²) >= 11 is 1.81. The summed E-state index contributed by atoms with van der Waals surface area (Å²) in [4.78, 5) is 4.65. The molecule has 12 aromatic rings. The fourth-order valence-electron chi connectivity index (χ4n) is 11.4. The molecule has 68 heavy (non-hydrogen) atoms. The first-order valence-corrected chi connectivity index (χ1v) is 24.2. The molecule has 0 amide bonds. The van der Waals surface area contributed by atoms with Crippen molar-refractivity contribution >= 4 is 31.6 Å². The minimum absolute atomic E-state index is 0.332. The quantitative estimate of drug-likeness (QED) is 0.162. The topological polar surface area (TPSA) is 12.9 Å². The Bertz CT molecular complexity index is 3960. The summed E-state index contributed by atoms with van der Waals surface area (Å²) in [6.45, 7) is 0. The van der Waals surface area contributed by atoms with Crippen molar-refractivity contribution in [1.29, 1.82) is 0 Å². The van der Waals surface area contributed by atoms with Gasteiger partial charge in [0.15, 0.2) is 0 Å². The third-order valence-corrected chi connectivity index (χ3v) is 15.6. The van der Waals surface area contributed by atoms with Crippen LogP contribution in [0.5, 0.6) is 0 Å². The van der Waals surface area contributed by atoms with Crippen molar-refractivity contribution in [3.05, 3.63) is 271 Å². The lowest BCUT2D eigenvalue weighted by atomic mass is 9.70. The molecule has 2 aliphatic carbocycles. The number of pyridine rings is 1. The molecule has 14 rings (SSSR count). The number of nitrogens with zero attached hydrogens (tertiary/aromatic N) is 1. The van der Waals surface area contributed by atoms with E-state index in [4.69, 9.17) is 0 Å². The molecule has 10 aromatic carbocycles. The molecular formula is C66H41NS. The van der Waals surface area contributed by atoms with Crippen LogP contribution < -0.4 is 0 Å². The van der Waals surface area contributed by atoms with Gasteiger partial charge in [-0.15, -0.1) is 11.3 Å². The monoisotopic (exact) mass is 879 g/mol. The summed E-state index contributed by atoms with van der Waals surface area (Å²) in [5.41, 5.74) is 26.0. The van der Waals surface area contributed by atoms with Crippen LogP contribution in [0.4, 0.5) is 0 Å². The van der Waals surface area contributed by atoms with Gasteiger partial charge in [-0.1, -0.05) is 188 Å². The predicted octanol–water partition coefficient (Wildman–Crippen LogP) is 17.8. The fourth-order valence-corrected chi connectivity index (χ4v) is 12.5. The lowest BCUT2D eigenvalue weighted by molar-refractivity contribution is 0.794. The Kier molecular flexibility index (Phi) is 8.74. The molecule has 2 aromatic heterocycles. The van der Waals surface area contributed by atoms with Crippen LogP contribution in [-0.4, -0.2) is 4.98 Å². The maximum absolute atomic E-state index is 4.65. The van der Waals surface area contributed by atoms with Gasteiger partial charge >= 0.3 is 0 Å². The van der Waals surface area contributed by atoms with Gasteiger partial charge in [-0.3, -0.25) is 4.98 Å². The normalized spacial score (nSPS) is 12.8. The number of aromatic nitrogens is 1. The van der Waals surface area contributed by atoms with Crippen LogP contribution in [0, 0.1) is 0 Å². The summed E-state index contributed by atoms with van der Waals surface area (Å²) < 4.78 is 2.49. The molecule has 0 unspecified atom stereocenters. The first kappa shape index (κ1) is 38.8. The second-order valence-electron chi connectivity index (χ2n) is 18.2. The number of fused-ring (bicyclic) bond motifs is 13. The Morgan fingerprint density at radius 2 is 0.632 bits per heavy atom. The highest BCUT2D eigenvalue weighted by Gasteiger charge is 2.51. The minimum atomic E-state index is -0.332. The Labute approximate surface area is 400 Å². The first-order chi connectivity index (χ1) is 33.7. The molecule has 0 radical (unpaired) electrons. The van der Waals surface area contributed by atoms with Crippen molar-refractivity contribution in [3.8, 4) is 89.0 Å². The van der Waals surface area contributed by atoms with Crippen molar-refractivity contribution < 1.29 is 0 Å². The van der Waals surface area contributed by atoms with Gasteiger partial charge < -0.3 is 0 Å². The molecule has 0 aliphatic heterocycles. The largest absolute Gasteiger partial charge is 0.255 e. The molecule has 0 saturated heterocycles. The van der Waals surface area contributed by atoms with Gasteiger partial charge in [0.05, 0.1) is 15.6 Å². The van der Waals surface area contributed by atoms with Gasteiger partial charge in [0, 0.05) is 16.3 Å². The Morgan fingerprint density at radius 1 is 0.265 bits per heavy atom. The third-order valence-electron chi connectivity index (χ3n) is 14.5. The molecule has 0 fully saturated rings. The van der Waals surface area contributed by atoms with Crippen molar-refractivity contribution in [2.24, 2.45) is 0 Å². The SMILES string of the molecule is c1cc(-c2cccc(-c3cccc(-c4ccc5c(c4)-c4ccccc4C54c5ccccc5-c5ccccc54)c3)c2)cc(-c2cccc(-c3cccc(-c4ccc5c(c4)sc4cccnc45)c3)c2)c1. The zero-order valence-corrected chi connectivity index (χ0v) is 37.8. The van der Waals surface area contributed by atoms with E-state index >= 15 is 0 Å². The Hall–Kier alpha value is -8.43. The predicted molar refractivity (Wildman–Crippen MR) is 286 cm³/mol. The molecule has 316 valence electrons. The van der Waals surface area contributed by atoms with Crippen molar-refractivity contribution in [2.45, 2.75) is 5.41 Å². The van der Waals surface area contributed by atoms with Crippen LogP contribution in [-0.2, 0) is 5.41 Å². The van der Waals surface area contributed by atoms with E-state index in [1.54, 1.807) is 0 Å². The highest BCUT2D eigenvalue weighted by molar-refractivity contribution is 7.25. The Morgan fingerprint density at radius 3 is 1.09 bits per heavy atom. The molecule has 2 heterocycles. The number of thiophene rings is 1. The average Bonchev–Trinajstić information content (AvgIpc) is 4.05. The van der Waals surface area contributed by atoms with Crippen LogP contribution in [0.15, 0.2) is 249 Å². The zero-order valence-electron chi connectivity index (χ0n) is 37.0. The number of hydrogen-bond acceptors (Lipinski definition) is 2. The van der Waals surface area contributed by atoms with Gasteiger partial charge in [0.25, 0.3) is 0 Å². The summed E-state index contributed by atoms with van der Waals surface area (Å²) in [6.07, 6.45) is 1.88. The minimum Gasteiger partial charge on any atom is -0.255 e. The summed E-state index contributed by atoms with van der Waals surface area (Å²) in [5, 5.41) is 1.22. The Balaban J connectivity index is 0.768. The zero-order chi connectivity index (χ0) is 44.8. The van der Waals surface area contributed by atoms with Gasteiger partial charge in [-0.05, 0) is 166 Å². The van der Waals surface area contributed by atoms with Gasteiger partial charge in [0.2, 0.25) is 0 Å². The molecule has 1 spiro atoms. The van der Waals surface area contributed by atoms with E-state index < -0.39 is 0 Å². The van der Waals surface area contributed by atoms with Crippen LogP contribution in [0.25, 0.3) is 109 Å². The lowest BCUT2D eigenvalue weighted by Crippen LogP contribution is -2.25. The summed E-state index contributed by atoms with van der Waals surface area (Å²) in [6, 6.07) is 90.1. The third kappa shape index (κ3) is 5.98. The van der Waals surface area contributed by atoms with E-state index in [1.807, 2.05) is 23.6 Å². The molecule has 2 heteroatoms. The molecule has 1 nitrogen and oxygen atoms in total. The first-order valence-electron chi connectivity index (χ1n) is 23.4. The van der Waals surface area contributed by atoms with Gasteiger partial charge in [-0.2, -0.15) is 0 Å². The van der Waals surface area contributed by atoms with E-state index in [0.717, 1.165) is 5.52 Å². The number of rotatable bonds is 6. The van der Waals surface area contributed by atoms with E-state index in [-0.39, 0.29) is 5.41 Å². The van der Waals surface area contributed by atoms with E-state index in [9.17, 15) is 0 Å².